The molecule has 8 heteroatoms. The minimum absolute atomic E-state index is 0. The number of halogens is 5. The van der Waals surface area contributed by atoms with Crippen molar-refractivity contribution in [2.75, 3.05) is 32.8 Å². The molecule has 1 aliphatic rings. The highest BCUT2D eigenvalue weighted by atomic mass is 127. The van der Waals surface area contributed by atoms with Gasteiger partial charge in [0.25, 0.3) is 5.92 Å². The van der Waals surface area contributed by atoms with Crippen molar-refractivity contribution in [3.8, 4) is 0 Å². The number of alkyl halides is 2. The van der Waals surface area contributed by atoms with Gasteiger partial charge in [-0.15, -0.1) is 12.4 Å². The number of aliphatic hydroxyl groups is 1. The van der Waals surface area contributed by atoms with Gasteiger partial charge in [0, 0.05) is 35.3 Å². The predicted molar refractivity (Wildman–Crippen MR) is 85.6 cm³/mol. The average Bonchev–Trinajstić information content (AvgIpc) is 2.44. The summed E-state index contributed by atoms with van der Waals surface area (Å²) in [6.45, 7) is 0.635. The van der Waals surface area contributed by atoms with Crippen molar-refractivity contribution < 1.29 is 18.3 Å². The summed E-state index contributed by atoms with van der Waals surface area (Å²) in [5.41, 5.74) is -0.0575. The largest absolute Gasteiger partial charge is 0.390 e. The molecule has 21 heavy (non-hydrogen) atoms. The van der Waals surface area contributed by atoms with E-state index in [1.54, 1.807) is 0 Å². The van der Waals surface area contributed by atoms with E-state index < -0.39 is 24.4 Å². The van der Waals surface area contributed by atoms with E-state index in [1.165, 1.54) is 23.1 Å². The summed E-state index contributed by atoms with van der Waals surface area (Å²) in [4.78, 5) is 1.53. The molecule has 1 saturated heterocycles. The third kappa shape index (κ3) is 4.44. The smallest absolute Gasteiger partial charge is 0.290 e. The molecule has 120 valence electrons. The van der Waals surface area contributed by atoms with Crippen molar-refractivity contribution in [2.45, 2.75) is 12.0 Å². The van der Waals surface area contributed by atoms with Gasteiger partial charge < -0.3 is 10.4 Å². The first-order valence-electron chi connectivity index (χ1n) is 6.34. The molecule has 1 aliphatic heterocycles. The van der Waals surface area contributed by atoms with Crippen molar-refractivity contribution in [3.63, 3.8) is 0 Å². The third-order valence-electron chi connectivity index (χ3n) is 3.38. The lowest BCUT2D eigenvalue weighted by Gasteiger charge is -2.38. The molecule has 0 amide bonds. The molecule has 0 spiro atoms. The van der Waals surface area contributed by atoms with E-state index in [0.717, 1.165) is 0 Å². The normalized spacial score (nSPS) is 18.1. The first-order chi connectivity index (χ1) is 9.45. The maximum Gasteiger partial charge on any atom is 0.290 e. The SMILES string of the molecule is Cl.OCC(F)(F)[C@@H](c1cc(I)ccc1F)N1CCNCC1. The lowest BCUT2D eigenvalue weighted by Crippen LogP contribution is -2.51. The van der Waals surface area contributed by atoms with Crippen LogP contribution in [0.2, 0.25) is 0 Å². The van der Waals surface area contributed by atoms with Gasteiger partial charge in [-0.05, 0) is 40.8 Å². The molecule has 1 heterocycles. The molecule has 1 fully saturated rings. The van der Waals surface area contributed by atoms with Crippen LogP contribution >= 0.6 is 35.0 Å². The fraction of sp³-hybridized carbons (Fsp3) is 0.538. The maximum atomic E-state index is 14.1. The Hall–Kier alpha value is -0.0900. The molecule has 2 N–H and O–H groups in total. The zero-order valence-electron chi connectivity index (χ0n) is 11.2. The minimum atomic E-state index is -3.39. The second-order valence-corrected chi connectivity index (χ2v) is 6.02. The summed E-state index contributed by atoms with van der Waals surface area (Å²) < 4.78 is 42.9. The Morgan fingerprint density at radius 2 is 1.95 bits per heavy atom. The molecule has 0 bridgehead atoms. The van der Waals surface area contributed by atoms with Crippen LogP contribution in [0, 0.1) is 9.39 Å². The molecule has 0 aromatic heterocycles. The van der Waals surface area contributed by atoms with Gasteiger partial charge >= 0.3 is 0 Å². The monoisotopic (exact) mass is 436 g/mol. The van der Waals surface area contributed by atoms with Gasteiger partial charge in [-0.25, -0.2) is 13.2 Å². The topological polar surface area (TPSA) is 35.5 Å². The second-order valence-electron chi connectivity index (χ2n) is 4.77. The highest BCUT2D eigenvalue weighted by Crippen LogP contribution is 2.38. The van der Waals surface area contributed by atoms with E-state index in [4.69, 9.17) is 5.11 Å². The van der Waals surface area contributed by atoms with Crippen LogP contribution in [0.4, 0.5) is 13.2 Å². The quantitative estimate of drug-likeness (QED) is 0.712. The lowest BCUT2D eigenvalue weighted by atomic mass is 9.97. The fourth-order valence-corrected chi connectivity index (χ4v) is 2.96. The number of nitrogens with one attached hydrogen (secondary N) is 1. The molecule has 0 saturated carbocycles. The molecular weight excluding hydrogens is 420 g/mol. The molecule has 0 radical (unpaired) electrons. The van der Waals surface area contributed by atoms with Gasteiger partial charge in [-0.2, -0.15) is 0 Å². The van der Waals surface area contributed by atoms with Crippen molar-refractivity contribution in [3.05, 3.63) is 33.1 Å². The van der Waals surface area contributed by atoms with Crippen LogP contribution < -0.4 is 5.32 Å². The van der Waals surface area contributed by atoms with E-state index >= 15 is 0 Å². The third-order valence-corrected chi connectivity index (χ3v) is 4.05. The lowest BCUT2D eigenvalue weighted by molar-refractivity contribution is -0.119. The Morgan fingerprint density at radius 3 is 2.52 bits per heavy atom. The fourth-order valence-electron chi connectivity index (χ4n) is 2.44. The number of nitrogens with zero attached hydrogens (tertiary/aromatic N) is 1. The van der Waals surface area contributed by atoms with Crippen LogP contribution in [0.25, 0.3) is 0 Å². The number of aliphatic hydroxyl groups excluding tert-OH is 1. The highest BCUT2D eigenvalue weighted by molar-refractivity contribution is 14.1. The van der Waals surface area contributed by atoms with Crippen LogP contribution in [0.15, 0.2) is 18.2 Å². The Labute approximate surface area is 141 Å². The molecule has 1 aromatic carbocycles. The Balaban J connectivity index is 0.00000220. The van der Waals surface area contributed by atoms with Crippen molar-refractivity contribution in [1.29, 1.82) is 0 Å². The number of rotatable bonds is 4. The Bertz CT molecular complexity index is 473. The molecular formula is C13H17ClF3IN2O. The Morgan fingerprint density at radius 1 is 1.33 bits per heavy atom. The van der Waals surface area contributed by atoms with Gasteiger partial charge in [0.05, 0.1) is 0 Å². The van der Waals surface area contributed by atoms with E-state index in [9.17, 15) is 13.2 Å². The summed E-state index contributed by atoms with van der Waals surface area (Å²) in [6, 6.07) is 2.71. The van der Waals surface area contributed by atoms with E-state index in [2.05, 4.69) is 5.32 Å². The number of piperazine rings is 1. The summed E-state index contributed by atoms with van der Waals surface area (Å²) in [5, 5.41) is 12.1. The minimum Gasteiger partial charge on any atom is -0.390 e. The number of benzene rings is 1. The van der Waals surface area contributed by atoms with Crippen molar-refractivity contribution >= 4 is 35.0 Å². The molecule has 1 aromatic rings. The number of hydrogen-bond acceptors (Lipinski definition) is 3. The first kappa shape index (κ1) is 19.0. The van der Waals surface area contributed by atoms with Crippen LogP contribution in [0.3, 0.4) is 0 Å². The molecule has 3 nitrogen and oxygen atoms in total. The van der Waals surface area contributed by atoms with Gasteiger partial charge in [0.1, 0.15) is 18.5 Å². The molecule has 2 rings (SSSR count). The van der Waals surface area contributed by atoms with Crippen LogP contribution in [0.1, 0.15) is 11.6 Å². The molecule has 0 unspecified atom stereocenters. The summed E-state index contributed by atoms with van der Waals surface area (Å²) in [5.74, 6) is -4.05. The first-order valence-corrected chi connectivity index (χ1v) is 7.42. The zero-order chi connectivity index (χ0) is 14.8. The maximum absolute atomic E-state index is 14.1. The van der Waals surface area contributed by atoms with Gasteiger partial charge in [0.15, 0.2) is 0 Å². The van der Waals surface area contributed by atoms with E-state index in [-0.39, 0.29) is 18.0 Å². The highest BCUT2D eigenvalue weighted by Gasteiger charge is 2.45. The average molecular weight is 437 g/mol. The van der Waals surface area contributed by atoms with Gasteiger partial charge in [0.2, 0.25) is 0 Å². The van der Waals surface area contributed by atoms with Crippen molar-refractivity contribution in [2.24, 2.45) is 0 Å². The van der Waals surface area contributed by atoms with Crippen molar-refractivity contribution in [1.82, 2.24) is 10.2 Å². The molecule has 0 aliphatic carbocycles. The zero-order valence-corrected chi connectivity index (χ0v) is 14.1. The van der Waals surface area contributed by atoms with Gasteiger partial charge in [-0.3, -0.25) is 4.90 Å². The van der Waals surface area contributed by atoms with Crippen LogP contribution in [0.5, 0.6) is 0 Å². The predicted octanol–water partition coefficient (Wildman–Crippen LogP) is 2.43. The van der Waals surface area contributed by atoms with Crippen LogP contribution in [-0.4, -0.2) is 48.7 Å². The Kier molecular flexibility index (Phi) is 7.18. The standard InChI is InChI=1S/C13H16F3IN2O.ClH/c14-11-2-1-9(17)7-10(11)12(13(15,16)8-20)19-5-3-18-4-6-19;/h1-2,7,12,18,20H,3-6,8H2;1H/t12-;/m1./s1. The van der Waals surface area contributed by atoms with Crippen LogP contribution in [-0.2, 0) is 0 Å². The van der Waals surface area contributed by atoms with E-state index in [0.29, 0.717) is 29.7 Å². The number of hydrogen-bond donors (Lipinski definition) is 2. The summed E-state index contributed by atoms with van der Waals surface area (Å²) in [6.07, 6.45) is 0. The second kappa shape index (κ2) is 7.96. The van der Waals surface area contributed by atoms with Gasteiger partial charge in [-0.1, -0.05) is 0 Å². The summed E-state index contributed by atoms with van der Waals surface area (Å²) in [7, 11) is 0. The summed E-state index contributed by atoms with van der Waals surface area (Å²) >= 11 is 1.96. The van der Waals surface area contributed by atoms with E-state index in [1.807, 2.05) is 22.6 Å². The molecule has 1 atom stereocenters.